The highest BCUT2D eigenvalue weighted by Gasteiger charge is 2.58. The van der Waals surface area contributed by atoms with E-state index in [1.807, 2.05) is 20.8 Å². The average Bonchev–Trinajstić information content (AvgIpc) is 3.19. The van der Waals surface area contributed by atoms with E-state index in [-0.39, 0.29) is 11.9 Å². The highest BCUT2D eigenvalue weighted by Crippen LogP contribution is 2.42. The van der Waals surface area contributed by atoms with Crippen molar-refractivity contribution in [3.05, 3.63) is 0 Å². The fourth-order valence-electron chi connectivity index (χ4n) is 4.18. The Morgan fingerprint density at radius 1 is 1.23 bits per heavy atom. The third-order valence-electron chi connectivity index (χ3n) is 5.63. The lowest BCUT2D eigenvalue weighted by molar-refractivity contribution is -0.153. The zero-order chi connectivity index (χ0) is 19.1. The van der Waals surface area contributed by atoms with Crippen molar-refractivity contribution in [3.63, 3.8) is 0 Å². The zero-order valence-corrected chi connectivity index (χ0v) is 16.2. The third kappa shape index (κ3) is 3.53. The first-order valence-electron chi connectivity index (χ1n) is 9.57. The third-order valence-corrected chi connectivity index (χ3v) is 5.63. The van der Waals surface area contributed by atoms with Crippen molar-refractivity contribution in [2.75, 3.05) is 20.2 Å². The van der Waals surface area contributed by atoms with E-state index in [1.165, 1.54) is 7.11 Å². The van der Waals surface area contributed by atoms with Gasteiger partial charge in [-0.1, -0.05) is 12.8 Å². The second kappa shape index (κ2) is 6.74. The first-order chi connectivity index (χ1) is 12.2. The molecule has 3 fully saturated rings. The molecule has 2 saturated heterocycles. The molecule has 3 rings (SSSR count). The van der Waals surface area contributed by atoms with Gasteiger partial charge in [-0.2, -0.15) is 0 Å². The number of carbonyl (C=O) groups is 3. The number of rotatable bonds is 4. The SMILES string of the molecule is COC(=O)[C@H](CC1CC1)N1CCC2(CCCN2C(=O)OC(C)(C)C)C1=O. The molecule has 0 bridgehead atoms. The molecule has 2 aliphatic heterocycles. The molecule has 26 heavy (non-hydrogen) atoms. The minimum absolute atomic E-state index is 0.128. The van der Waals surface area contributed by atoms with Gasteiger partial charge in [0, 0.05) is 13.1 Å². The van der Waals surface area contributed by atoms with Gasteiger partial charge in [-0.3, -0.25) is 9.69 Å². The van der Waals surface area contributed by atoms with E-state index in [1.54, 1.807) is 9.80 Å². The van der Waals surface area contributed by atoms with Gasteiger partial charge in [-0.15, -0.1) is 0 Å². The standard InChI is InChI=1S/C19H30N2O5/c1-18(2,3)26-17(24)21-10-5-8-19(21)9-11-20(16(19)23)14(15(22)25-4)12-13-6-7-13/h13-14H,5-12H2,1-4H3/t14-,19?/m0/s1. The summed E-state index contributed by atoms with van der Waals surface area (Å²) in [4.78, 5) is 41.5. The molecule has 1 aliphatic carbocycles. The molecule has 1 spiro atoms. The monoisotopic (exact) mass is 366 g/mol. The van der Waals surface area contributed by atoms with Crippen LogP contribution in [0, 0.1) is 5.92 Å². The normalized spacial score (nSPS) is 27.2. The Labute approximate surface area is 155 Å². The van der Waals surface area contributed by atoms with Gasteiger partial charge in [0.25, 0.3) is 0 Å². The van der Waals surface area contributed by atoms with E-state index < -0.39 is 23.3 Å². The number of hydrogen-bond donors (Lipinski definition) is 0. The van der Waals surface area contributed by atoms with Gasteiger partial charge in [0.2, 0.25) is 5.91 Å². The lowest BCUT2D eigenvalue weighted by atomic mass is 9.94. The van der Waals surface area contributed by atoms with Crippen LogP contribution in [0.25, 0.3) is 0 Å². The molecular weight excluding hydrogens is 336 g/mol. The maximum atomic E-state index is 13.3. The Morgan fingerprint density at radius 2 is 1.92 bits per heavy atom. The second-order valence-corrected chi connectivity index (χ2v) is 8.73. The number of nitrogens with zero attached hydrogens (tertiary/aromatic N) is 2. The first-order valence-corrected chi connectivity index (χ1v) is 9.57. The molecule has 0 aromatic heterocycles. The molecule has 146 valence electrons. The fraction of sp³-hybridized carbons (Fsp3) is 0.842. The highest BCUT2D eigenvalue weighted by atomic mass is 16.6. The molecular formula is C19H30N2O5. The molecule has 0 radical (unpaired) electrons. The van der Waals surface area contributed by atoms with Crippen molar-refractivity contribution >= 4 is 18.0 Å². The quantitative estimate of drug-likeness (QED) is 0.714. The van der Waals surface area contributed by atoms with Crippen molar-refractivity contribution in [1.82, 2.24) is 9.80 Å². The van der Waals surface area contributed by atoms with Crippen LogP contribution in [0.15, 0.2) is 0 Å². The molecule has 0 N–H and O–H groups in total. The molecule has 0 aromatic carbocycles. The summed E-state index contributed by atoms with van der Waals surface area (Å²) in [5.74, 6) is 0.00927. The predicted molar refractivity (Wildman–Crippen MR) is 94.4 cm³/mol. The van der Waals surface area contributed by atoms with Crippen LogP contribution in [-0.4, -0.2) is 65.2 Å². The van der Waals surface area contributed by atoms with Crippen LogP contribution in [0.5, 0.6) is 0 Å². The van der Waals surface area contributed by atoms with Crippen molar-refractivity contribution in [1.29, 1.82) is 0 Å². The first kappa shape index (κ1) is 19.0. The summed E-state index contributed by atoms with van der Waals surface area (Å²) in [6.07, 6.45) is 4.35. The average molecular weight is 366 g/mol. The number of ether oxygens (including phenoxy) is 2. The lowest BCUT2D eigenvalue weighted by Gasteiger charge is -2.35. The van der Waals surface area contributed by atoms with Gasteiger partial charge in [0.15, 0.2) is 0 Å². The van der Waals surface area contributed by atoms with Gasteiger partial charge in [-0.25, -0.2) is 9.59 Å². The van der Waals surface area contributed by atoms with Crippen molar-refractivity contribution < 1.29 is 23.9 Å². The summed E-state index contributed by atoms with van der Waals surface area (Å²) in [6, 6.07) is -0.541. The summed E-state index contributed by atoms with van der Waals surface area (Å²) in [7, 11) is 1.36. The van der Waals surface area contributed by atoms with E-state index in [2.05, 4.69) is 0 Å². The number of methoxy groups -OCH3 is 1. The Kier molecular flexibility index (Phi) is 4.92. The summed E-state index contributed by atoms with van der Waals surface area (Å²) in [5.41, 5.74) is -1.47. The fourth-order valence-corrected chi connectivity index (χ4v) is 4.18. The van der Waals surface area contributed by atoms with Crippen LogP contribution in [0.3, 0.4) is 0 Å². The van der Waals surface area contributed by atoms with Crippen molar-refractivity contribution in [3.8, 4) is 0 Å². The molecule has 1 saturated carbocycles. The number of amides is 2. The molecule has 2 heterocycles. The maximum Gasteiger partial charge on any atom is 0.411 e. The molecule has 7 heteroatoms. The van der Waals surface area contributed by atoms with Gasteiger partial charge in [0.05, 0.1) is 7.11 Å². The van der Waals surface area contributed by atoms with Crippen molar-refractivity contribution in [2.45, 2.75) is 76.5 Å². The highest BCUT2D eigenvalue weighted by molar-refractivity contribution is 5.95. The van der Waals surface area contributed by atoms with E-state index in [9.17, 15) is 14.4 Å². The zero-order valence-electron chi connectivity index (χ0n) is 16.2. The van der Waals surface area contributed by atoms with E-state index >= 15 is 0 Å². The van der Waals surface area contributed by atoms with Crippen LogP contribution in [0.2, 0.25) is 0 Å². The van der Waals surface area contributed by atoms with Crippen LogP contribution < -0.4 is 0 Å². The Bertz CT molecular complexity index is 595. The number of likely N-dealkylation sites (tertiary alicyclic amines) is 2. The van der Waals surface area contributed by atoms with E-state index in [0.29, 0.717) is 38.3 Å². The Morgan fingerprint density at radius 3 is 2.50 bits per heavy atom. The number of hydrogen-bond acceptors (Lipinski definition) is 5. The Balaban J connectivity index is 1.79. The van der Waals surface area contributed by atoms with E-state index in [4.69, 9.17) is 9.47 Å². The number of esters is 1. The van der Waals surface area contributed by atoms with Gasteiger partial charge >= 0.3 is 12.1 Å². The second-order valence-electron chi connectivity index (χ2n) is 8.73. The molecule has 2 amide bonds. The van der Waals surface area contributed by atoms with Crippen LogP contribution in [0.1, 0.15) is 59.3 Å². The molecule has 7 nitrogen and oxygen atoms in total. The lowest BCUT2D eigenvalue weighted by Crippen LogP contribution is -2.55. The predicted octanol–water partition coefficient (Wildman–Crippen LogP) is 2.33. The van der Waals surface area contributed by atoms with Crippen LogP contribution in [0.4, 0.5) is 4.79 Å². The maximum absolute atomic E-state index is 13.3. The topological polar surface area (TPSA) is 76.2 Å². The molecule has 0 aromatic rings. The smallest absolute Gasteiger partial charge is 0.411 e. The molecule has 3 aliphatic rings. The summed E-state index contributed by atoms with van der Waals surface area (Å²) >= 11 is 0. The molecule has 1 unspecified atom stereocenters. The summed E-state index contributed by atoms with van der Waals surface area (Å²) in [6.45, 7) is 6.45. The van der Waals surface area contributed by atoms with Crippen LogP contribution in [-0.2, 0) is 19.1 Å². The van der Waals surface area contributed by atoms with Gasteiger partial charge < -0.3 is 14.4 Å². The largest absolute Gasteiger partial charge is 0.467 e. The van der Waals surface area contributed by atoms with Gasteiger partial charge in [0.1, 0.15) is 17.2 Å². The Hall–Kier alpha value is -1.79. The summed E-state index contributed by atoms with van der Waals surface area (Å²) in [5, 5.41) is 0. The summed E-state index contributed by atoms with van der Waals surface area (Å²) < 4.78 is 10.5. The van der Waals surface area contributed by atoms with Gasteiger partial charge in [-0.05, 0) is 52.4 Å². The minimum atomic E-state index is -0.863. The van der Waals surface area contributed by atoms with E-state index in [0.717, 1.165) is 19.3 Å². The number of carbonyl (C=O) groups excluding carboxylic acids is 3. The molecule has 2 atom stereocenters. The van der Waals surface area contributed by atoms with Crippen LogP contribution >= 0.6 is 0 Å². The van der Waals surface area contributed by atoms with Crippen molar-refractivity contribution in [2.24, 2.45) is 5.92 Å². The minimum Gasteiger partial charge on any atom is -0.467 e.